The van der Waals surface area contributed by atoms with Gasteiger partial charge in [-0.3, -0.25) is 4.79 Å². The maximum absolute atomic E-state index is 11.7. The summed E-state index contributed by atoms with van der Waals surface area (Å²) in [5.74, 6) is -0.141. The van der Waals surface area contributed by atoms with Crippen molar-refractivity contribution >= 4 is 35.2 Å². The van der Waals surface area contributed by atoms with Crippen LogP contribution in [0.2, 0.25) is 10.0 Å². The lowest BCUT2D eigenvalue weighted by molar-refractivity contribution is -0.146. The van der Waals surface area contributed by atoms with Crippen molar-refractivity contribution in [2.24, 2.45) is 0 Å². The molecule has 0 bridgehead atoms. The van der Waals surface area contributed by atoms with E-state index in [1.165, 1.54) is 6.08 Å². The highest BCUT2D eigenvalue weighted by molar-refractivity contribution is 6.34. The van der Waals surface area contributed by atoms with E-state index in [-0.39, 0.29) is 5.91 Å². The number of halogens is 2. The molecule has 1 heterocycles. The first kappa shape index (κ1) is 13.4. The molecular formula is C13H13Cl2NO2. The van der Waals surface area contributed by atoms with Gasteiger partial charge in [-0.15, -0.1) is 0 Å². The number of β-amino-alcohol motifs (C(OH)–C–C–N with tert-alkyl or cyclic N) is 1. The van der Waals surface area contributed by atoms with Crippen molar-refractivity contribution in [1.82, 2.24) is 4.90 Å². The molecule has 18 heavy (non-hydrogen) atoms. The first-order valence-electron chi connectivity index (χ1n) is 5.52. The molecule has 1 N–H and O–H groups in total. The van der Waals surface area contributed by atoms with Crippen molar-refractivity contribution in [1.29, 1.82) is 0 Å². The molecule has 2 rings (SSSR count). The molecule has 0 aromatic heterocycles. The monoisotopic (exact) mass is 285 g/mol. The molecule has 1 aromatic carbocycles. The summed E-state index contributed by atoms with van der Waals surface area (Å²) < 4.78 is 0. The van der Waals surface area contributed by atoms with Crippen LogP contribution in [0.4, 0.5) is 0 Å². The second-order valence-electron chi connectivity index (χ2n) is 4.69. The number of benzene rings is 1. The fourth-order valence-electron chi connectivity index (χ4n) is 1.84. The second-order valence-corrected chi connectivity index (χ2v) is 5.53. The van der Waals surface area contributed by atoms with Crippen LogP contribution in [0.3, 0.4) is 0 Å². The first-order valence-corrected chi connectivity index (χ1v) is 6.27. The van der Waals surface area contributed by atoms with Gasteiger partial charge >= 0.3 is 0 Å². The smallest absolute Gasteiger partial charge is 0.246 e. The Morgan fingerprint density at radius 3 is 2.72 bits per heavy atom. The predicted octanol–water partition coefficient (Wildman–Crippen LogP) is 2.60. The van der Waals surface area contributed by atoms with E-state index in [4.69, 9.17) is 23.2 Å². The van der Waals surface area contributed by atoms with Gasteiger partial charge in [-0.1, -0.05) is 23.2 Å². The lowest BCUT2D eigenvalue weighted by Crippen LogP contribution is -2.61. The van der Waals surface area contributed by atoms with Crippen LogP contribution >= 0.6 is 23.2 Å². The SMILES string of the molecule is CC1(O)CN(C(=O)C=Cc2cc(Cl)ccc2Cl)C1. The standard InChI is InChI=1S/C13H13Cl2NO2/c1-13(18)7-16(8-13)12(17)5-2-9-6-10(14)3-4-11(9)15/h2-6,18H,7-8H2,1H3. The van der Waals surface area contributed by atoms with Gasteiger partial charge < -0.3 is 10.0 Å². The van der Waals surface area contributed by atoms with Gasteiger partial charge in [0, 0.05) is 16.1 Å². The van der Waals surface area contributed by atoms with Crippen LogP contribution in [0, 0.1) is 0 Å². The zero-order chi connectivity index (χ0) is 13.3. The molecule has 1 aliphatic rings. The van der Waals surface area contributed by atoms with Gasteiger partial charge in [0.25, 0.3) is 0 Å². The maximum Gasteiger partial charge on any atom is 0.246 e. The van der Waals surface area contributed by atoms with Crippen molar-refractivity contribution in [3.05, 3.63) is 39.9 Å². The Morgan fingerprint density at radius 2 is 2.11 bits per heavy atom. The predicted molar refractivity (Wildman–Crippen MR) is 72.7 cm³/mol. The summed E-state index contributed by atoms with van der Waals surface area (Å²) in [5, 5.41) is 10.7. The molecule has 96 valence electrons. The molecule has 0 atom stereocenters. The average Bonchev–Trinajstić information content (AvgIpc) is 2.26. The number of carbonyl (C=O) groups excluding carboxylic acids is 1. The number of nitrogens with zero attached hydrogens (tertiary/aromatic N) is 1. The normalized spacial score (nSPS) is 17.9. The Hall–Kier alpha value is -1.03. The van der Waals surface area contributed by atoms with Gasteiger partial charge in [-0.05, 0) is 36.8 Å². The number of hydrogen-bond donors (Lipinski definition) is 1. The molecule has 1 aliphatic heterocycles. The highest BCUT2D eigenvalue weighted by Gasteiger charge is 2.38. The molecule has 0 saturated carbocycles. The quantitative estimate of drug-likeness (QED) is 0.849. The summed E-state index contributed by atoms with van der Waals surface area (Å²) in [6, 6.07) is 5.07. The molecule has 1 amide bonds. The van der Waals surface area contributed by atoms with Crippen molar-refractivity contribution in [3.8, 4) is 0 Å². The number of likely N-dealkylation sites (tertiary alicyclic amines) is 1. The fourth-order valence-corrected chi connectivity index (χ4v) is 2.20. The lowest BCUT2D eigenvalue weighted by Gasteiger charge is -2.43. The summed E-state index contributed by atoms with van der Waals surface area (Å²) in [6.07, 6.45) is 3.07. The van der Waals surface area contributed by atoms with Gasteiger partial charge in [-0.25, -0.2) is 0 Å². The molecule has 1 saturated heterocycles. The molecule has 1 aromatic rings. The van der Waals surface area contributed by atoms with Crippen molar-refractivity contribution in [2.75, 3.05) is 13.1 Å². The zero-order valence-electron chi connectivity index (χ0n) is 9.86. The van der Waals surface area contributed by atoms with Gasteiger partial charge in [-0.2, -0.15) is 0 Å². The largest absolute Gasteiger partial charge is 0.386 e. The van der Waals surface area contributed by atoms with Gasteiger partial charge in [0.1, 0.15) is 0 Å². The molecule has 0 aliphatic carbocycles. The third kappa shape index (κ3) is 3.05. The van der Waals surface area contributed by atoms with E-state index in [9.17, 15) is 9.90 Å². The Bertz CT molecular complexity index is 504. The highest BCUT2D eigenvalue weighted by atomic mass is 35.5. The first-order chi connectivity index (χ1) is 8.37. The minimum absolute atomic E-state index is 0.141. The number of carbonyl (C=O) groups is 1. The van der Waals surface area contributed by atoms with E-state index in [1.54, 1.807) is 36.1 Å². The highest BCUT2D eigenvalue weighted by Crippen LogP contribution is 2.23. The minimum atomic E-state index is -0.753. The lowest BCUT2D eigenvalue weighted by atomic mass is 9.97. The Morgan fingerprint density at radius 1 is 1.44 bits per heavy atom. The van der Waals surface area contributed by atoms with Crippen LogP contribution in [-0.2, 0) is 4.79 Å². The van der Waals surface area contributed by atoms with Crippen molar-refractivity contribution < 1.29 is 9.90 Å². The van der Waals surface area contributed by atoms with Crippen LogP contribution in [0.1, 0.15) is 12.5 Å². The third-order valence-corrected chi connectivity index (χ3v) is 3.32. The van der Waals surface area contributed by atoms with Crippen molar-refractivity contribution in [2.45, 2.75) is 12.5 Å². The van der Waals surface area contributed by atoms with E-state index in [2.05, 4.69) is 0 Å². The molecule has 0 spiro atoms. The fraction of sp³-hybridized carbons (Fsp3) is 0.308. The molecular weight excluding hydrogens is 273 g/mol. The van der Waals surface area contributed by atoms with E-state index < -0.39 is 5.60 Å². The molecule has 1 fully saturated rings. The van der Waals surface area contributed by atoms with Crippen molar-refractivity contribution in [3.63, 3.8) is 0 Å². The van der Waals surface area contributed by atoms with E-state index in [0.717, 1.165) is 0 Å². The Balaban J connectivity index is 2.03. The maximum atomic E-state index is 11.7. The van der Waals surface area contributed by atoms with Gasteiger partial charge in [0.05, 0.1) is 18.7 Å². The number of amides is 1. The summed E-state index contributed by atoms with van der Waals surface area (Å²) >= 11 is 11.8. The average molecular weight is 286 g/mol. The summed E-state index contributed by atoms with van der Waals surface area (Å²) in [7, 11) is 0. The van der Waals surface area contributed by atoms with Crippen LogP contribution in [0.15, 0.2) is 24.3 Å². The zero-order valence-corrected chi connectivity index (χ0v) is 11.4. The molecule has 0 radical (unpaired) electrons. The van der Waals surface area contributed by atoms with Crippen LogP contribution in [0.5, 0.6) is 0 Å². The Labute approximate surface area is 116 Å². The molecule has 5 heteroatoms. The van der Waals surface area contributed by atoms with E-state index >= 15 is 0 Å². The van der Waals surface area contributed by atoms with Crippen LogP contribution < -0.4 is 0 Å². The number of aliphatic hydroxyl groups is 1. The Kier molecular flexibility index (Phi) is 3.66. The second kappa shape index (κ2) is 4.92. The van der Waals surface area contributed by atoms with E-state index in [1.807, 2.05) is 0 Å². The van der Waals surface area contributed by atoms with Crippen LogP contribution in [-0.4, -0.2) is 34.6 Å². The van der Waals surface area contributed by atoms with Gasteiger partial charge in [0.2, 0.25) is 5.91 Å². The summed E-state index contributed by atoms with van der Waals surface area (Å²) in [6.45, 7) is 2.42. The molecule has 0 unspecified atom stereocenters. The minimum Gasteiger partial charge on any atom is -0.386 e. The summed E-state index contributed by atoms with van der Waals surface area (Å²) in [5.41, 5.74) is -0.0539. The summed E-state index contributed by atoms with van der Waals surface area (Å²) in [4.78, 5) is 13.3. The molecule has 3 nitrogen and oxygen atoms in total. The number of hydrogen-bond acceptors (Lipinski definition) is 2. The third-order valence-electron chi connectivity index (χ3n) is 2.74. The van der Waals surface area contributed by atoms with Crippen LogP contribution in [0.25, 0.3) is 6.08 Å². The van der Waals surface area contributed by atoms with Gasteiger partial charge in [0.15, 0.2) is 0 Å². The number of rotatable bonds is 2. The topological polar surface area (TPSA) is 40.5 Å². The van der Waals surface area contributed by atoms with E-state index in [0.29, 0.717) is 28.7 Å².